The van der Waals surface area contributed by atoms with Crippen molar-refractivity contribution in [2.45, 2.75) is 38.8 Å². The minimum Gasteiger partial charge on any atom is -0.372 e. The van der Waals surface area contributed by atoms with Gasteiger partial charge in [0.1, 0.15) is 0 Å². The van der Waals surface area contributed by atoms with Crippen LogP contribution in [0.25, 0.3) is 0 Å². The Labute approximate surface area is 144 Å². The van der Waals surface area contributed by atoms with Crippen LogP contribution in [0, 0.1) is 0 Å². The second-order valence-corrected chi connectivity index (χ2v) is 6.45. The first kappa shape index (κ1) is 16.5. The first-order valence-corrected chi connectivity index (χ1v) is 8.66. The van der Waals surface area contributed by atoms with E-state index in [1.165, 1.54) is 11.3 Å². The summed E-state index contributed by atoms with van der Waals surface area (Å²) < 4.78 is 0. The molecule has 1 amide bonds. The first-order chi connectivity index (χ1) is 11.7. The molecule has 1 aromatic carbocycles. The summed E-state index contributed by atoms with van der Waals surface area (Å²) in [5.41, 5.74) is 3.58. The lowest BCUT2D eigenvalue weighted by molar-refractivity contribution is -0.134. The van der Waals surface area contributed by atoms with E-state index in [1.54, 1.807) is 6.20 Å². The number of likely N-dealkylation sites (N-methyl/N-ethyl adjacent to an activating group) is 1. The number of hydrogen-bond donors (Lipinski definition) is 0. The van der Waals surface area contributed by atoms with E-state index in [1.807, 2.05) is 18.3 Å². The van der Waals surface area contributed by atoms with Gasteiger partial charge in [0.15, 0.2) is 0 Å². The summed E-state index contributed by atoms with van der Waals surface area (Å²) in [7, 11) is 2.12. The van der Waals surface area contributed by atoms with Crippen LogP contribution in [-0.4, -0.2) is 35.4 Å². The average Bonchev–Trinajstić information content (AvgIpc) is 2.77. The Morgan fingerprint density at radius 1 is 1.25 bits per heavy atom. The summed E-state index contributed by atoms with van der Waals surface area (Å²) in [4.78, 5) is 21.4. The van der Waals surface area contributed by atoms with Crippen molar-refractivity contribution in [1.29, 1.82) is 0 Å². The quantitative estimate of drug-likeness (QED) is 0.866. The number of aromatic nitrogens is 1. The number of carbonyl (C=O) groups is 1. The molecule has 1 aliphatic heterocycles. The molecule has 0 radical (unpaired) electrons. The van der Waals surface area contributed by atoms with Crippen LogP contribution in [0.2, 0.25) is 0 Å². The molecule has 126 valence electrons. The summed E-state index contributed by atoms with van der Waals surface area (Å²) in [5, 5.41) is 0. The van der Waals surface area contributed by atoms with Crippen molar-refractivity contribution in [2.24, 2.45) is 0 Å². The topological polar surface area (TPSA) is 36.4 Å². The molecule has 0 bridgehead atoms. The van der Waals surface area contributed by atoms with Gasteiger partial charge < -0.3 is 9.80 Å². The highest BCUT2D eigenvalue weighted by molar-refractivity contribution is 5.77. The Hall–Kier alpha value is -2.36. The average molecular weight is 323 g/mol. The number of para-hydroxylation sites is 1. The van der Waals surface area contributed by atoms with Gasteiger partial charge in [0, 0.05) is 50.7 Å². The van der Waals surface area contributed by atoms with Crippen LogP contribution in [0.5, 0.6) is 0 Å². The van der Waals surface area contributed by atoms with Crippen LogP contribution in [0.15, 0.2) is 48.8 Å². The van der Waals surface area contributed by atoms with Crippen molar-refractivity contribution in [3.05, 3.63) is 59.9 Å². The third kappa shape index (κ3) is 3.58. The van der Waals surface area contributed by atoms with Crippen molar-refractivity contribution in [3.8, 4) is 0 Å². The van der Waals surface area contributed by atoms with Gasteiger partial charge in [-0.3, -0.25) is 9.78 Å². The zero-order valence-corrected chi connectivity index (χ0v) is 14.5. The first-order valence-electron chi connectivity index (χ1n) is 8.66. The van der Waals surface area contributed by atoms with Crippen molar-refractivity contribution in [3.63, 3.8) is 0 Å². The van der Waals surface area contributed by atoms with E-state index in [0.717, 1.165) is 24.9 Å². The van der Waals surface area contributed by atoms with Crippen molar-refractivity contribution >= 4 is 11.6 Å². The smallest absolute Gasteiger partial charge is 0.223 e. The molecule has 0 fully saturated rings. The second-order valence-electron chi connectivity index (χ2n) is 6.45. The van der Waals surface area contributed by atoms with Gasteiger partial charge >= 0.3 is 0 Å². The molecule has 3 rings (SSSR count). The molecule has 0 saturated carbocycles. The third-order valence-electron chi connectivity index (χ3n) is 4.81. The fourth-order valence-corrected chi connectivity index (χ4v) is 3.42. The summed E-state index contributed by atoms with van der Waals surface area (Å²) in [5.74, 6) is 0.232. The van der Waals surface area contributed by atoms with Gasteiger partial charge in [-0.2, -0.15) is 0 Å². The molecule has 1 aliphatic rings. The minimum atomic E-state index is 0.232. The number of nitrogens with zero attached hydrogens (tertiary/aromatic N) is 3. The molecule has 0 aliphatic carbocycles. The van der Waals surface area contributed by atoms with Crippen molar-refractivity contribution < 1.29 is 4.79 Å². The lowest BCUT2D eigenvalue weighted by Crippen LogP contribution is -2.43. The fourth-order valence-electron chi connectivity index (χ4n) is 3.42. The number of hydrogen-bond acceptors (Lipinski definition) is 3. The zero-order valence-electron chi connectivity index (χ0n) is 14.5. The molecule has 4 heteroatoms. The SMILES string of the molecule is CC[C@H]1CN(C)c2ccccc2CN1C(=O)CCc1cccnc1. The van der Waals surface area contributed by atoms with Gasteiger partial charge in [0.2, 0.25) is 5.91 Å². The number of aryl methyl sites for hydroxylation is 1. The van der Waals surface area contributed by atoms with E-state index in [2.05, 4.69) is 53.0 Å². The van der Waals surface area contributed by atoms with Gasteiger partial charge in [-0.15, -0.1) is 0 Å². The van der Waals surface area contributed by atoms with Crippen molar-refractivity contribution in [1.82, 2.24) is 9.88 Å². The van der Waals surface area contributed by atoms with Crippen LogP contribution in [0.4, 0.5) is 5.69 Å². The predicted octanol–water partition coefficient (Wildman–Crippen LogP) is 3.27. The summed E-state index contributed by atoms with van der Waals surface area (Å²) in [6.45, 7) is 3.74. The number of rotatable bonds is 4. The maximum atomic E-state index is 12.9. The van der Waals surface area contributed by atoms with E-state index < -0.39 is 0 Å². The Bertz CT molecular complexity index is 686. The van der Waals surface area contributed by atoms with Crippen LogP contribution in [0.1, 0.15) is 30.9 Å². The molecule has 2 aromatic rings. The van der Waals surface area contributed by atoms with Gasteiger partial charge in [-0.25, -0.2) is 0 Å². The summed E-state index contributed by atoms with van der Waals surface area (Å²) in [6, 6.07) is 12.6. The zero-order chi connectivity index (χ0) is 16.9. The predicted molar refractivity (Wildman–Crippen MR) is 96.9 cm³/mol. The number of benzene rings is 1. The number of pyridine rings is 1. The highest BCUT2D eigenvalue weighted by Crippen LogP contribution is 2.27. The van der Waals surface area contributed by atoms with E-state index in [4.69, 9.17) is 0 Å². The third-order valence-corrected chi connectivity index (χ3v) is 4.81. The Balaban J connectivity index is 1.76. The molecular formula is C20H25N3O. The molecule has 0 spiro atoms. The van der Waals surface area contributed by atoms with E-state index in [-0.39, 0.29) is 11.9 Å². The normalized spacial score (nSPS) is 17.3. The molecule has 2 heterocycles. The van der Waals surface area contributed by atoms with Gasteiger partial charge in [-0.1, -0.05) is 31.2 Å². The lowest BCUT2D eigenvalue weighted by Gasteiger charge is -2.30. The second kappa shape index (κ2) is 7.47. The fraction of sp³-hybridized carbons (Fsp3) is 0.400. The van der Waals surface area contributed by atoms with Gasteiger partial charge in [0.25, 0.3) is 0 Å². The van der Waals surface area contributed by atoms with Crippen LogP contribution in [0.3, 0.4) is 0 Å². The van der Waals surface area contributed by atoms with Gasteiger partial charge in [0.05, 0.1) is 0 Å². The summed E-state index contributed by atoms with van der Waals surface area (Å²) >= 11 is 0. The van der Waals surface area contributed by atoms with Crippen molar-refractivity contribution in [2.75, 3.05) is 18.5 Å². The molecule has 0 saturated heterocycles. The number of amides is 1. The number of fused-ring (bicyclic) bond motifs is 1. The molecular weight excluding hydrogens is 298 g/mol. The monoisotopic (exact) mass is 323 g/mol. The Morgan fingerprint density at radius 2 is 2.08 bits per heavy atom. The maximum absolute atomic E-state index is 12.9. The standard InChI is InChI=1S/C20H25N3O/c1-3-18-15-22(2)19-9-5-4-8-17(19)14-23(18)20(24)11-10-16-7-6-12-21-13-16/h4-9,12-13,18H,3,10-11,14-15H2,1-2H3/t18-/m0/s1. The number of carbonyl (C=O) groups excluding carboxylic acids is 1. The minimum absolute atomic E-state index is 0.232. The molecule has 1 atom stereocenters. The molecule has 0 N–H and O–H groups in total. The summed E-state index contributed by atoms with van der Waals surface area (Å²) in [6.07, 6.45) is 5.86. The van der Waals surface area contributed by atoms with Crippen LogP contribution in [-0.2, 0) is 17.8 Å². The number of anilines is 1. The van der Waals surface area contributed by atoms with Crippen LogP contribution >= 0.6 is 0 Å². The van der Waals surface area contributed by atoms with Gasteiger partial charge in [-0.05, 0) is 36.1 Å². The van der Waals surface area contributed by atoms with E-state index in [0.29, 0.717) is 13.0 Å². The largest absolute Gasteiger partial charge is 0.372 e. The van der Waals surface area contributed by atoms with E-state index >= 15 is 0 Å². The molecule has 4 nitrogen and oxygen atoms in total. The van der Waals surface area contributed by atoms with Crippen LogP contribution < -0.4 is 4.90 Å². The Morgan fingerprint density at radius 3 is 2.83 bits per heavy atom. The highest BCUT2D eigenvalue weighted by Gasteiger charge is 2.28. The molecule has 1 aromatic heterocycles. The Kier molecular flexibility index (Phi) is 5.14. The molecule has 0 unspecified atom stereocenters. The molecule has 24 heavy (non-hydrogen) atoms. The lowest BCUT2D eigenvalue weighted by atomic mass is 10.1. The highest BCUT2D eigenvalue weighted by atomic mass is 16.2. The van der Waals surface area contributed by atoms with E-state index in [9.17, 15) is 4.79 Å². The maximum Gasteiger partial charge on any atom is 0.223 e.